The Labute approximate surface area is 168 Å². The van der Waals surface area contributed by atoms with Crippen molar-refractivity contribution in [2.24, 2.45) is 0 Å². The molecule has 9 nitrogen and oxygen atoms in total. The van der Waals surface area contributed by atoms with Gasteiger partial charge in [-0.1, -0.05) is 6.07 Å². The fraction of sp³-hybridized carbons (Fsp3) is 0.600. The molecule has 0 radical (unpaired) electrons. The average molecular weight is 400 g/mol. The first kappa shape index (κ1) is 18.4. The van der Waals surface area contributed by atoms with E-state index in [9.17, 15) is 14.4 Å². The van der Waals surface area contributed by atoms with Crippen molar-refractivity contribution in [1.82, 2.24) is 20.1 Å². The standard InChI is InChI=1S/C20H24N4O5/c25-15-11-28-17(16(24(15)14-3-4-14)13-2-1-7-21-10-13)18(26)23-8-5-20(6-9-23)12-22-19(27)29-20/h1-2,7,10,14,16-17H,3-6,8-9,11-12H2,(H,22,27)/t16-,17+/m1/s1. The quantitative estimate of drug-likeness (QED) is 0.798. The van der Waals surface area contributed by atoms with Crippen molar-refractivity contribution in [2.75, 3.05) is 26.2 Å². The molecule has 3 saturated heterocycles. The highest BCUT2D eigenvalue weighted by molar-refractivity contribution is 5.87. The SMILES string of the molecule is O=C1NCC2(CCN(C(=O)[C@H]3OCC(=O)N(C4CC4)[C@@H]3c3cccnc3)CC2)O1. The number of pyridine rings is 1. The van der Waals surface area contributed by atoms with Crippen molar-refractivity contribution >= 4 is 17.9 Å². The Morgan fingerprint density at radius 2 is 2.03 bits per heavy atom. The molecule has 1 spiro atoms. The molecule has 0 unspecified atom stereocenters. The molecule has 3 aliphatic heterocycles. The molecule has 154 valence electrons. The minimum absolute atomic E-state index is 0.0769. The van der Waals surface area contributed by atoms with Gasteiger partial charge in [0.05, 0.1) is 12.6 Å². The lowest BCUT2D eigenvalue weighted by atomic mass is 9.90. The Balaban J connectivity index is 1.36. The summed E-state index contributed by atoms with van der Waals surface area (Å²) >= 11 is 0. The van der Waals surface area contributed by atoms with Crippen molar-refractivity contribution in [3.8, 4) is 0 Å². The normalized spacial score (nSPS) is 29.0. The largest absolute Gasteiger partial charge is 0.441 e. The molecule has 9 heteroatoms. The zero-order valence-electron chi connectivity index (χ0n) is 16.1. The second-order valence-corrected chi connectivity index (χ2v) is 8.25. The number of piperidine rings is 1. The van der Waals surface area contributed by atoms with Crippen LogP contribution in [0.4, 0.5) is 4.79 Å². The number of carbonyl (C=O) groups excluding carboxylic acids is 3. The van der Waals surface area contributed by atoms with Crippen LogP contribution in [-0.2, 0) is 19.1 Å². The van der Waals surface area contributed by atoms with Gasteiger partial charge < -0.3 is 24.6 Å². The maximum Gasteiger partial charge on any atom is 0.407 e. The van der Waals surface area contributed by atoms with Gasteiger partial charge in [0, 0.05) is 44.4 Å². The molecule has 4 heterocycles. The first-order valence-corrected chi connectivity index (χ1v) is 10.1. The zero-order chi connectivity index (χ0) is 20.0. The molecule has 1 saturated carbocycles. The van der Waals surface area contributed by atoms with Crippen LogP contribution in [0.15, 0.2) is 24.5 Å². The van der Waals surface area contributed by atoms with E-state index in [4.69, 9.17) is 9.47 Å². The van der Waals surface area contributed by atoms with Gasteiger partial charge in [0.2, 0.25) is 5.91 Å². The van der Waals surface area contributed by atoms with Crippen LogP contribution in [0.25, 0.3) is 0 Å². The van der Waals surface area contributed by atoms with Crippen molar-refractivity contribution in [1.29, 1.82) is 0 Å². The molecule has 0 aromatic carbocycles. The summed E-state index contributed by atoms with van der Waals surface area (Å²) in [5, 5.41) is 2.71. The smallest absolute Gasteiger partial charge is 0.407 e. The molecule has 29 heavy (non-hydrogen) atoms. The second-order valence-electron chi connectivity index (χ2n) is 8.25. The van der Waals surface area contributed by atoms with Crippen LogP contribution in [0.1, 0.15) is 37.3 Å². The number of amides is 3. The predicted molar refractivity (Wildman–Crippen MR) is 99.6 cm³/mol. The van der Waals surface area contributed by atoms with Crippen LogP contribution in [0.2, 0.25) is 0 Å². The third-order valence-corrected chi connectivity index (χ3v) is 6.32. The Kier molecular flexibility index (Phi) is 4.42. The van der Waals surface area contributed by atoms with Crippen molar-refractivity contribution in [3.63, 3.8) is 0 Å². The highest BCUT2D eigenvalue weighted by Gasteiger charge is 2.50. The lowest BCUT2D eigenvalue weighted by molar-refractivity contribution is -0.171. The molecule has 5 rings (SSSR count). The maximum absolute atomic E-state index is 13.4. The third kappa shape index (κ3) is 3.33. The summed E-state index contributed by atoms with van der Waals surface area (Å²) in [6.07, 6.45) is 5.32. The van der Waals surface area contributed by atoms with E-state index in [0.29, 0.717) is 32.5 Å². The first-order chi connectivity index (χ1) is 14.1. The molecule has 2 atom stereocenters. The Morgan fingerprint density at radius 3 is 2.66 bits per heavy atom. The van der Waals surface area contributed by atoms with Gasteiger partial charge in [-0.3, -0.25) is 14.6 Å². The lowest BCUT2D eigenvalue weighted by Crippen LogP contribution is -2.58. The number of carbonyl (C=O) groups is 3. The monoisotopic (exact) mass is 400 g/mol. The van der Waals surface area contributed by atoms with Gasteiger partial charge >= 0.3 is 6.09 Å². The number of likely N-dealkylation sites (tertiary alicyclic amines) is 1. The van der Waals surface area contributed by atoms with E-state index in [1.807, 2.05) is 17.0 Å². The van der Waals surface area contributed by atoms with Crippen LogP contribution in [0.5, 0.6) is 0 Å². The maximum atomic E-state index is 13.4. The van der Waals surface area contributed by atoms with Crippen molar-refractivity contribution < 1.29 is 23.9 Å². The average Bonchev–Trinajstić information content (AvgIpc) is 3.52. The molecule has 0 bridgehead atoms. The van der Waals surface area contributed by atoms with E-state index in [2.05, 4.69) is 10.3 Å². The number of nitrogens with one attached hydrogen (secondary N) is 1. The number of nitrogens with zero attached hydrogens (tertiary/aromatic N) is 3. The van der Waals surface area contributed by atoms with Gasteiger partial charge in [-0.05, 0) is 24.5 Å². The summed E-state index contributed by atoms with van der Waals surface area (Å²) in [4.78, 5) is 45.2. The number of aromatic nitrogens is 1. The van der Waals surface area contributed by atoms with Crippen LogP contribution in [0, 0.1) is 0 Å². The van der Waals surface area contributed by atoms with Crippen molar-refractivity contribution in [3.05, 3.63) is 30.1 Å². The molecule has 1 aromatic heterocycles. The highest BCUT2D eigenvalue weighted by atomic mass is 16.6. The number of rotatable bonds is 3. The number of hydrogen-bond acceptors (Lipinski definition) is 6. The molecule has 4 fully saturated rings. The molecule has 4 aliphatic rings. The van der Waals surface area contributed by atoms with Gasteiger partial charge in [-0.25, -0.2) is 4.79 Å². The number of alkyl carbamates (subject to hydrolysis) is 1. The summed E-state index contributed by atoms with van der Waals surface area (Å²) in [6, 6.07) is 3.41. The number of ether oxygens (including phenoxy) is 2. The highest BCUT2D eigenvalue weighted by Crippen LogP contribution is 2.40. The van der Waals surface area contributed by atoms with E-state index >= 15 is 0 Å². The summed E-state index contributed by atoms with van der Waals surface area (Å²) in [5.74, 6) is -0.198. The van der Waals surface area contributed by atoms with Crippen molar-refractivity contribution in [2.45, 2.75) is 49.5 Å². The topological polar surface area (TPSA) is 101 Å². The Hall–Kier alpha value is -2.68. The van der Waals surface area contributed by atoms with Gasteiger partial charge in [0.25, 0.3) is 5.91 Å². The molecular formula is C20H24N4O5. The van der Waals surface area contributed by atoms with E-state index < -0.39 is 23.8 Å². The van der Waals surface area contributed by atoms with Crippen LogP contribution >= 0.6 is 0 Å². The molecule has 1 N–H and O–H groups in total. The molecule has 3 amide bonds. The third-order valence-electron chi connectivity index (χ3n) is 6.32. The number of hydrogen-bond donors (Lipinski definition) is 1. The molecule has 1 aliphatic carbocycles. The minimum Gasteiger partial charge on any atom is -0.441 e. The Bertz CT molecular complexity index is 819. The fourth-order valence-corrected chi connectivity index (χ4v) is 4.60. The Morgan fingerprint density at radius 1 is 1.24 bits per heavy atom. The van der Waals surface area contributed by atoms with Crippen LogP contribution in [0.3, 0.4) is 0 Å². The first-order valence-electron chi connectivity index (χ1n) is 10.1. The van der Waals surface area contributed by atoms with E-state index in [0.717, 1.165) is 18.4 Å². The van der Waals surface area contributed by atoms with E-state index in [1.165, 1.54) is 0 Å². The lowest BCUT2D eigenvalue weighted by Gasteiger charge is -2.44. The number of morpholine rings is 1. The molecule has 1 aromatic rings. The van der Waals surface area contributed by atoms with Gasteiger partial charge in [0.15, 0.2) is 6.10 Å². The zero-order valence-corrected chi connectivity index (χ0v) is 16.1. The second kappa shape index (κ2) is 6.98. The summed E-state index contributed by atoms with van der Waals surface area (Å²) < 4.78 is 11.3. The predicted octanol–water partition coefficient (Wildman–Crippen LogP) is 0.613. The van der Waals surface area contributed by atoms with Gasteiger partial charge in [-0.15, -0.1) is 0 Å². The summed E-state index contributed by atoms with van der Waals surface area (Å²) in [7, 11) is 0. The van der Waals surface area contributed by atoms with Gasteiger partial charge in [0.1, 0.15) is 12.2 Å². The molecular weight excluding hydrogens is 376 g/mol. The minimum atomic E-state index is -0.754. The van der Waals surface area contributed by atoms with E-state index in [1.54, 1.807) is 17.3 Å². The fourth-order valence-electron chi connectivity index (χ4n) is 4.60. The summed E-state index contributed by atoms with van der Waals surface area (Å²) in [6.45, 7) is 1.38. The summed E-state index contributed by atoms with van der Waals surface area (Å²) in [5.41, 5.74) is 0.299. The van der Waals surface area contributed by atoms with E-state index in [-0.39, 0.29) is 24.5 Å². The van der Waals surface area contributed by atoms with Crippen LogP contribution < -0.4 is 5.32 Å². The van der Waals surface area contributed by atoms with Gasteiger partial charge in [-0.2, -0.15) is 0 Å². The van der Waals surface area contributed by atoms with Crippen LogP contribution in [-0.4, -0.2) is 76.7 Å².